The van der Waals surface area contributed by atoms with Gasteiger partial charge in [-0.05, 0) is 124 Å². The maximum Gasteiger partial charge on any atom is 0.156 e. The van der Waals surface area contributed by atoms with E-state index < -0.39 is 11.4 Å². The van der Waals surface area contributed by atoms with Gasteiger partial charge in [0.2, 0.25) is 0 Å². The highest BCUT2D eigenvalue weighted by Crippen LogP contribution is 2.42. The third-order valence-electron chi connectivity index (χ3n) is 11.3. The van der Waals surface area contributed by atoms with Crippen LogP contribution in [0, 0.1) is 12.7 Å². The number of hydrogen-bond donors (Lipinski definition) is 2. The van der Waals surface area contributed by atoms with Gasteiger partial charge in [-0.2, -0.15) is 0 Å². The highest BCUT2D eigenvalue weighted by molar-refractivity contribution is 6.21. The second-order valence-electron chi connectivity index (χ2n) is 14.2. The molecule has 0 bridgehead atoms. The van der Waals surface area contributed by atoms with Gasteiger partial charge in [0.05, 0.1) is 11.4 Å². The lowest BCUT2D eigenvalue weighted by Gasteiger charge is -2.43. The number of nitrogens with one attached hydrogen (secondary N) is 2. The summed E-state index contributed by atoms with van der Waals surface area (Å²) in [5, 5.41) is 8.23. The predicted molar refractivity (Wildman–Crippen MR) is 201 cm³/mol. The number of piperidine rings is 1. The van der Waals surface area contributed by atoms with Gasteiger partial charge in [-0.1, -0.05) is 43.9 Å². The van der Waals surface area contributed by atoms with E-state index in [0.717, 1.165) is 48.6 Å². The van der Waals surface area contributed by atoms with E-state index in [1.807, 2.05) is 51.3 Å². The van der Waals surface area contributed by atoms with Crippen LogP contribution in [0.3, 0.4) is 0 Å². The van der Waals surface area contributed by atoms with E-state index >= 15 is 8.78 Å². The molecular weight excluding hydrogens is 614 g/mol. The van der Waals surface area contributed by atoms with E-state index in [0.29, 0.717) is 59.1 Å². The molecule has 260 valence electrons. The van der Waals surface area contributed by atoms with Crippen LogP contribution >= 0.6 is 0 Å². The van der Waals surface area contributed by atoms with E-state index in [2.05, 4.69) is 45.3 Å². The van der Waals surface area contributed by atoms with Gasteiger partial charge >= 0.3 is 0 Å². The number of hydrogen-bond acceptors (Lipinski definition) is 6. The van der Waals surface area contributed by atoms with E-state index in [1.54, 1.807) is 6.07 Å². The highest BCUT2D eigenvalue weighted by Gasteiger charge is 2.43. The zero-order valence-corrected chi connectivity index (χ0v) is 29.6. The van der Waals surface area contributed by atoms with Crippen molar-refractivity contribution in [3.8, 4) is 0 Å². The molecule has 49 heavy (non-hydrogen) atoms. The van der Waals surface area contributed by atoms with Crippen LogP contribution in [-0.2, 0) is 6.42 Å². The Hall–Kier alpha value is -4.04. The summed E-state index contributed by atoms with van der Waals surface area (Å²) >= 11 is 0. The average Bonchev–Trinajstić information content (AvgIpc) is 3.68. The fourth-order valence-corrected chi connectivity index (χ4v) is 8.87. The Morgan fingerprint density at radius 3 is 2.51 bits per heavy atom. The molecule has 6 nitrogen and oxygen atoms in total. The first-order valence-electron chi connectivity index (χ1n) is 18.0. The largest absolute Gasteiger partial charge is 0.375 e. The minimum Gasteiger partial charge on any atom is -0.375 e. The molecule has 1 unspecified atom stereocenters. The zero-order chi connectivity index (χ0) is 34.8. The molecule has 3 fully saturated rings. The predicted octanol–water partition coefficient (Wildman–Crippen LogP) is 8.16. The molecule has 3 saturated heterocycles. The number of aryl methyl sites for hydroxylation is 2. The van der Waals surface area contributed by atoms with Gasteiger partial charge in [0.15, 0.2) is 5.83 Å². The van der Waals surface area contributed by atoms with Gasteiger partial charge in [0.1, 0.15) is 17.3 Å². The van der Waals surface area contributed by atoms with Crippen molar-refractivity contribution in [3.63, 3.8) is 0 Å². The summed E-state index contributed by atoms with van der Waals surface area (Å²) in [7, 11) is 1.83. The Morgan fingerprint density at radius 2 is 1.82 bits per heavy atom. The van der Waals surface area contributed by atoms with Crippen molar-refractivity contribution in [3.05, 3.63) is 101 Å². The molecule has 1 aliphatic carbocycles. The maximum absolute atomic E-state index is 17.3. The van der Waals surface area contributed by atoms with Gasteiger partial charge in [-0.25, -0.2) is 13.8 Å². The van der Waals surface area contributed by atoms with Crippen LogP contribution in [0.2, 0.25) is 0 Å². The minimum absolute atomic E-state index is 0.272. The van der Waals surface area contributed by atoms with Crippen LogP contribution in [-0.4, -0.2) is 73.1 Å². The summed E-state index contributed by atoms with van der Waals surface area (Å²) in [6.07, 6.45) is 14.9. The SMILES string of the molecule is C=CC1(NC(=C)NC)CCCN(/C(N=C)=C2\C=CC(c3cc(C)cc4ccc(F)c(CC)c34)=C(F)\C2=N\CCCC23CCCN2CCC3)C1. The monoisotopic (exact) mass is 666 g/mol. The van der Waals surface area contributed by atoms with Crippen LogP contribution in [0.25, 0.3) is 16.3 Å². The number of nitrogens with zero attached hydrogens (tertiary/aromatic N) is 4. The molecule has 0 saturated carbocycles. The number of rotatable bonds is 12. The van der Waals surface area contributed by atoms with Gasteiger partial charge in [0.25, 0.3) is 0 Å². The van der Waals surface area contributed by atoms with Crippen molar-refractivity contribution in [2.45, 2.75) is 82.7 Å². The van der Waals surface area contributed by atoms with Crippen molar-refractivity contribution in [2.75, 3.05) is 39.8 Å². The maximum atomic E-state index is 17.3. The minimum atomic E-state index is -0.446. The van der Waals surface area contributed by atoms with Crippen LogP contribution < -0.4 is 10.6 Å². The number of fused-ring (bicyclic) bond motifs is 2. The summed E-state index contributed by atoms with van der Waals surface area (Å²) in [4.78, 5) is 14.4. The summed E-state index contributed by atoms with van der Waals surface area (Å²) < 4.78 is 32.5. The van der Waals surface area contributed by atoms with E-state index in [-0.39, 0.29) is 11.4 Å². The highest BCUT2D eigenvalue weighted by atomic mass is 19.1. The van der Waals surface area contributed by atoms with E-state index in [4.69, 9.17) is 4.99 Å². The third-order valence-corrected chi connectivity index (χ3v) is 11.3. The Kier molecular flexibility index (Phi) is 10.3. The third kappa shape index (κ3) is 6.64. The Bertz CT molecular complexity index is 1760. The lowest BCUT2D eigenvalue weighted by molar-refractivity contribution is 0.180. The standard InChI is InChI=1S/C41H52F2N6/c1-7-31-35(42)16-13-30-25-28(3)26-34(36(30)31)32-14-15-33(39(45-6)48-22-10-17-40(8-2,27-48)47-29(4)44-5)38(37(32)43)46-21-9-18-41-19-11-23-49(41)24-12-20-41/h8,13-16,25-26,44,47H,2,4,6-7,9-12,17-24,27H2,1,3,5H3/b39-33+,46-38+. The first-order valence-corrected chi connectivity index (χ1v) is 18.0. The molecule has 6 rings (SSSR count). The first-order chi connectivity index (χ1) is 23.7. The molecule has 8 heteroatoms. The van der Waals surface area contributed by atoms with Crippen molar-refractivity contribution in [1.29, 1.82) is 0 Å². The number of allylic oxidation sites excluding steroid dienone is 5. The number of halogens is 2. The lowest BCUT2D eigenvalue weighted by atomic mass is 9.86. The lowest BCUT2D eigenvalue weighted by Crippen LogP contribution is -2.56. The summed E-state index contributed by atoms with van der Waals surface area (Å²) in [5.41, 5.74) is 3.43. The molecule has 3 aliphatic heterocycles. The summed E-state index contributed by atoms with van der Waals surface area (Å²) in [6, 6.07) is 7.31. The topological polar surface area (TPSA) is 55.3 Å². The second-order valence-corrected chi connectivity index (χ2v) is 14.2. The molecule has 3 heterocycles. The Balaban J connectivity index is 1.43. The van der Waals surface area contributed by atoms with E-state index in [9.17, 15) is 0 Å². The summed E-state index contributed by atoms with van der Waals surface area (Å²) in [6.45, 7) is 20.3. The fourth-order valence-electron chi connectivity index (χ4n) is 8.87. The van der Waals surface area contributed by atoms with Crippen LogP contribution in [0.4, 0.5) is 8.78 Å². The number of likely N-dealkylation sites (tertiary alicyclic amines) is 1. The first kappa shape index (κ1) is 34.8. The van der Waals surface area contributed by atoms with Crippen molar-refractivity contribution < 1.29 is 8.78 Å². The van der Waals surface area contributed by atoms with Crippen molar-refractivity contribution in [2.24, 2.45) is 9.98 Å². The van der Waals surface area contributed by atoms with Crippen LogP contribution in [0.5, 0.6) is 0 Å². The fraction of sp³-hybridized carbons (Fsp3) is 0.463. The van der Waals surface area contributed by atoms with Crippen molar-refractivity contribution in [1.82, 2.24) is 20.4 Å². The zero-order valence-electron chi connectivity index (χ0n) is 29.6. The van der Waals surface area contributed by atoms with Gasteiger partial charge < -0.3 is 15.5 Å². The molecule has 1 atom stereocenters. The smallest absolute Gasteiger partial charge is 0.156 e. The van der Waals surface area contributed by atoms with Gasteiger partial charge in [-0.15, -0.1) is 6.58 Å². The Labute approximate surface area is 291 Å². The van der Waals surface area contributed by atoms with E-state index in [1.165, 1.54) is 44.8 Å². The van der Waals surface area contributed by atoms with Crippen LogP contribution in [0.15, 0.2) is 88.7 Å². The molecule has 0 amide bonds. The molecule has 2 N–H and O–H groups in total. The van der Waals surface area contributed by atoms with Crippen molar-refractivity contribution >= 4 is 28.8 Å². The molecule has 2 aromatic rings. The molecular formula is C41H52F2N6. The molecule has 0 aromatic heterocycles. The normalized spacial score (nSPS) is 24.0. The molecule has 0 radical (unpaired) electrons. The number of benzene rings is 2. The molecule has 2 aromatic carbocycles. The van der Waals surface area contributed by atoms with Gasteiger partial charge in [-0.3, -0.25) is 9.89 Å². The summed E-state index contributed by atoms with van der Waals surface area (Å²) in [5.74, 6) is 0.618. The molecule has 0 spiro atoms. The second kappa shape index (κ2) is 14.4. The number of aliphatic imine (C=N–C) groups is 2. The van der Waals surface area contributed by atoms with Crippen LogP contribution in [0.1, 0.15) is 75.0 Å². The average molecular weight is 667 g/mol. The quantitative estimate of drug-likeness (QED) is 0.136. The Morgan fingerprint density at radius 1 is 1.06 bits per heavy atom. The van der Waals surface area contributed by atoms with Gasteiger partial charge in [0, 0.05) is 43.4 Å². The molecule has 4 aliphatic rings.